The maximum absolute atomic E-state index is 11.8. The largest absolute Gasteiger partial charge is 0.444 e. The first-order chi connectivity index (χ1) is 9.97. The second kappa shape index (κ2) is 7.64. The summed E-state index contributed by atoms with van der Waals surface area (Å²) in [6.45, 7) is 9.15. The molecule has 0 radical (unpaired) electrons. The number of ether oxygens (including phenoxy) is 1. The molecule has 130 valence electrons. The molecule has 0 spiro atoms. The van der Waals surface area contributed by atoms with Crippen molar-refractivity contribution >= 4 is 16.2 Å². The fraction of sp³-hybridized carbons (Fsp3) is 0.933. The zero-order chi connectivity index (χ0) is 17.0. The van der Waals surface area contributed by atoms with Crippen molar-refractivity contribution in [1.29, 1.82) is 0 Å². The van der Waals surface area contributed by atoms with E-state index in [0.29, 0.717) is 25.7 Å². The second-order valence-corrected chi connectivity index (χ2v) is 8.98. The van der Waals surface area contributed by atoms with Crippen LogP contribution in [0.3, 0.4) is 0 Å². The molecule has 0 bridgehead atoms. The van der Waals surface area contributed by atoms with Gasteiger partial charge in [-0.15, -0.1) is 0 Å². The molecule has 1 fully saturated rings. The van der Waals surface area contributed by atoms with Crippen LogP contribution in [0.4, 0.5) is 4.79 Å². The molecule has 22 heavy (non-hydrogen) atoms. The number of carbonyl (C=O) groups is 1. The summed E-state index contributed by atoms with van der Waals surface area (Å²) in [4.78, 5) is 11.7. The molecule has 1 saturated carbocycles. The van der Waals surface area contributed by atoms with Crippen LogP contribution in [0.25, 0.3) is 0 Å². The van der Waals surface area contributed by atoms with E-state index in [1.54, 1.807) is 0 Å². The van der Waals surface area contributed by atoms with Gasteiger partial charge in [0.2, 0.25) is 0 Å². The summed E-state index contributed by atoms with van der Waals surface area (Å²) in [6, 6.07) is 0.0162. The molecule has 0 aromatic heterocycles. The predicted octanol–water partition coefficient (Wildman–Crippen LogP) is 2.82. The van der Waals surface area contributed by atoms with Gasteiger partial charge in [-0.3, -0.25) is 4.18 Å². The summed E-state index contributed by atoms with van der Waals surface area (Å²) in [6.07, 6.45) is 1.93. The third kappa shape index (κ3) is 7.98. The van der Waals surface area contributed by atoms with E-state index in [-0.39, 0.29) is 23.8 Å². The second-order valence-electron chi connectivity index (χ2n) is 7.33. The summed E-state index contributed by atoms with van der Waals surface area (Å²) < 4.78 is 34.1. The smallest absolute Gasteiger partial charge is 0.407 e. The minimum absolute atomic E-state index is 0.0162. The predicted molar refractivity (Wildman–Crippen MR) is 85.1 cm³/mol. The van der Waals surface area contributed by atoms with Gasteiger partial charge in [-0.05, 0) is 52.4 Å². The molecule has 1 rings (SSSR count). The number of alkyl carbamates (subject to hydrolysis) is 1. The van der Waals surface area contributed by atoms with Crippen molar-refractivity contribution in [2.24, 2.45) is 5.92 Å². The fourth-order valence-electron chi connectivity index (χ4n) is 2.43. The first-order valence-electron chi connectivity index (χ1n) is 7.87. The average Bonchev–Trinajstić information content (AvgIpc) is 2.26. The minimum atomic E-state index is -3.46. The summed E-state index contributed by atoms with van der Waals surface area (Å²) in [5.41, 5.74) is -0.519. The Kier molecular flexibility index (Phi) is 6.67. The quantitative estimate of drug-likeness (QED) is 0.781. The van der Waals surface area contributed by atoms with Crippen LogP contribution in [0.1, 0.15) is 60.3 Å². The van der Waals surface area contributed by atoms with Crippen molar-refractivity contribution < 1.29 is 22.1 Å². The standard InChI is InChI=1S/C15H29NO5S/c1-11(2)10-22(18,19)21-13-8-6-12(7-9-13)16-14(17)20-15(3,4)5/h11-13H,6-10H2,1-5H3,(H,16,17)/t12-,13-. The molecule has 0 heterocycles. The number of hydrogen-bond acceptors (Lipinski definition) is 5. The van der Waals surface area contributed by atoms with Gasteiger partial charge in [-0.1, -0.05) is 13.8 Å². The third-order valence-electron chi connectivity index (χ3n) is 3.22. The monoisotopic (exact) mass is 335 g/mol. The van der Waals surface area contributed by atoms with Crippen LogP contribution in [0.5, 0.6) is 0 Å². The number of rotatable bonds is 5. The van der Waals surface area contributed by atoms with E-state index < -0.39 is 21.8 Å². The normalized spacial score (nSPS) is 23.4. The Hall–Kier alpha value is -0.820. The molecule has 0 aliphatic heterocycles. The number of amides is 1. The van der Waals surface area contributed by atoms with Gasteiger partial charge in [-0.25, -0.2) is 4.79 Å². The van der Waals surface area contributed by atoms with Crippen LogP contribution in [-0.2, 0) is 19.0 Å². The Labute approximate surface area is 134 Å². The molecule has 1 amide bonds. The van der Waals surface area contributed by atoms with Crippen LogP contribution in [0.15, 0.2) is 0 Å². The molecule has 0 saturated heterocycles. The van der Waals surface area contributed by atoms with Crippen LogP contribution in [0.2, 0.25) is 0 Å². The fourth-order valence-corrected chi connectivity index (χ4v) is 3.93. The molecule has 1 aliphatic carbocycles. The Balaban J connectivity index is 2.36. The highest BCUT2D eigenvalue weighted by atomic mass is 32.2. The maximum atomic E-state index is 11.8. The van der Waals surface area contributed by atoms with Gasteiger partial charge in [0.15, 0.2) is 0 Å². The highest BCUT2D eigenvalue weighted by Crippen LogP contribution is 2.23. The van der Waals surface area contributed by atoms with Crippen molar-refractivity contribution in [2.75, 3.05) is 5.75 Å². The lowest BCUT2D eigenvalue weighted by molar-refractivity contribution is 0.0471. The first kappa shape index (κ1) is 19.2. The van der Waals surface area contributed by atoms with E-state index in [1.165, 1.54) is 0 Å². The number of nitrogens with one attached hydrogen (secondary N) is 1. The lowest BCUT2D eigenvalue weighted by Crippen LogP contribution is -2.42. The highest BCUT2D eigenvalue weighted by molar-refractivity contribution is 7.86. The molecule has 0 aromatic carbocycles. The highest BCUT2D eigenvalue weighted by Gasteiger charge is 2.28. The van der Waals surface area contributed by atoms with E-state index in [9.17, 15) is 13.2 Å². The van der Waals surface area contributed by atoms with Gasteiger partial charge < -0.3 is 10.1 Å². The van der Waals surface area contributed by atoms with Crippen molar-refractivity contribution in [3.8, 4) is 0 Å². The van der Waals surface area contributed by atoms with Gasteiger partial charge in [0.1, 0.15) is 5.60 Å². The van der Waals surface area contributed by atoms with Crippen LogP contribution < -0.4 is 5.32 Å². The molecular weight excluding hydrogens is 306 g/mol. The van der Waals surface area contributed by atoms with Crippen LogP contribution >= 0.6 is 0 Å². The van der Waals surface area contributed by atoms with Crippen molar-refractivity contribution in [1.82, 2.24) is 5.32 Å². The molecule has 0 atom stereocenters. The SMILES string of the molecule is CC(C)CS(=O)(=O)O[C@H]1CC[C@H](NC(=O)OC(C)(C)C)CC1. The van der Waals surface area contributed by atoms with E-state index >= 15 is 0 Å². The minimum Gasteiger partial charge on any atom is -0.444 e. The molecule has 7 heteroatoms. The number of carbonyl (C=O) groups excluding carboxylic acids is 1. The Morgan fingerprint density at radius 1 is 1.18 bits per heavy atom. The van der Waals surface area contributed by atoms with E-state index in [4.69, 9.17) is 8.92 Å². The lowest BCUT2D eigenvalue weighted by atomic mass is 9.93. The third-order valence-corrected chi connectivity index (χ3v) is 4.86. The summed E-state index contributed by atoms with van der Waals surface area (Å²) >= 11 is 0. The summed E-state index contributed by atoms with van der Waals surface area (Å²) in [7, 11) is -3.46. The Morgan fingerprint density at radius 3 is 2.18 bits per heavy atom. The molecule has 6 nitrogen and oxygen atoms in total. The summed E-state index contributed by atoms with van der Waals surface area (Å²) in [5, 5.41) is 2.82. The van der Waals surface area contributed by atoms with E-state index in [2.05, 4.69) is 5.32 Å². The van der Waals surface area contributed by atoms with Crippen molar-refractivity contribution in [3.63, 3.8) is 0 Å². The Morgan fingerprint density at radius 2 is 1.73 bits per heavy atom. The van der Waals surface area contributed by atoms with Crippen LogP contribution in [-0.4, -0.2) is 38.0 Å². The van der Waals surface area contributed by atoms with Crippen LogP contribution in [0, 0.1) is 5.92 Å². The van der Waals surface area contributed by atoms with Gasteiger partial charge in [0.05, 0.1) is 11.9 Å². The number of hydrogen-bond donors (Lipinski definition) is 1. The van der Waals surface area contributed by atoms with Gasteiger partial charge in [0, 0.05) is 6.04 Å². The Bertz CT molecular complexity index is 459. The van der Waals surface area contributed by atoms with E-state index in [1.807, 2.05) is 34.6 Å². The molecule has 0 unspecified atom stereocenters. The molecule has 1 aliphatic rings. The zero-order valence-electron chi connectivity index (χ0n) is 14.2. The summed E-state index contributed by atoms with van der Waals surface area (Å²) in [5.74, 6) is 0.0958. The first-order valence-corrected chi connectivity index (χ1v) is 9.45. The average molecular weight is 335 g/mol. The maximum Gasteiger partial charge on any atom is 0.407 e. The van der Waals surface area contributed by atoms with Gasteiger partial charge in [-0.2, -0.15) is 8.42 Å². The molecular formula is C15H29NO5S. The topological polar surface area (TPSA) is 81.7 Å². The molecule has 1 N–H and O–H groups in total. The lowest BCUT2D eigenvalue weighted by Gasteiger charge is -2.29. The van der Waals surface area contributed by atoms with Gasteiger partial charge in [0.25, 0.3) is 10.1 Å². The zero-order valence-corrected chi connectivity index (χ0v) is 15.0. The van der Waals surface area contributed by atoms with Crippen molar-refractivity contribution in [2.45, 2.75) is 78.0 Å². The van der Waals surface area contributed by atoms with E-state index in [0.717, 1.165) is 0 Å². The van der Waals surface area contributed by atoms with Gasteiger partial charge >= 0.3 is 6.09 Å². The molecule has 0 aromatic rings. The van der Waals surface area contributed by atoms with Crippen molar-refractivity contribution in [3.05, 3.63) is 0 Å².